The SMILES string of the molecule is CNS(=O)(=O)c1ccc(C(=O)NCC(Cc2ccccc2)C(=O)O)o1. The molecule has 8 nitrogen and oxygen atoms in total. The summed E-state index contributed by atoms with van der Waals surface area (Å²) in [5.41, 5.74) is 0.838. The zero-order chi connectivity index (χ0) is 18.4. The third-order valence-electron chi connectivity index (χ3n) is 3.52. The minimum Gasteiger partial charge on any atom is -0.481 e. The first-order chi connectivity index (χ1) is 11.8. The number of benzene rings is 1. The van der Waals surface area contributed by atoms with Gasteiger partial charge in [-0.15, -0.1) is 0 Å². The molecule has 9 heteroatoms. The third kappa shape index (κ3) is 4.91. The fourth-order valence-electron chi connectivity index (χ4n) is 2.14. The van der Waals surface area contributed by atoms with Crippen LogP contribution < -0.4 is 10.0 Å². The second-order valence-electron chi connectivity index (χ2n) is 5.26. The average Bonchev–Trinajstić information content (AvgIpc) is 3.10. The predicted molar refractivity (Wildman–Crippen MR) is 88.6 cm³/mol. The number of sulfonamides is 1. The molecule has 1 unspecified atom stereocenters. The molecule has 0 aliphatic carbocycles. The number of carbonyl (C=O) groups excluding carboxylic acids is 1. The van der Waals surface area contributed by atoms with Gasteiger partial charge in [0.15, 0.2) is 5.76 Å². The number of nitrogens with one attached hydrogen (secondary N) is 2. The highest BCUT2D eigenvalue weighted by molar-refractivity contribution is 7.89. The second kappa shape index (κ2) is 7.95. The summed E-state index contributed by atoms with van der Waals surface area (Å²) in [7, 11) is -2.57. The minimum absolute atomic E-state index is 0.113. The molecule has 0 spiro atoms. The maximum atomic E-state index is 12.0. The summed E-state index contributed by atoms with van der Waals surface area (Å²) in [6.07, 6.45) is 0.258. The smallest absolute Gasteiger partial charge is 0.308 e. The Labute approximate surface area is 144 Å². The van der Waals surface area contributed by atoms with Gasteiger partial charge in [0.25, 0.3) is 15.9 Å². The quantitative estimate of drug-likeness (QED) is 0.636. The number of rotatable bonds is 8. The zero-order valence-electron chi connectivity index (χ0n) is 13.4. The topological polar surface area (TPSA) is 126 Å². The van der Waals surface area contributed by atoms with Gasteiger partial charge in [-0.05, 0) is 31.2 Å². The number of aliphatic carboxylic acids is 1. The molecule has 3 N–H and O–H groups in total. The highest BCUT2D eigenvalue weighted by atomic mass is 32.2. The first-order valence-corrected chi connectivity index (χ1v) is 8.90. The standard InChI is InChI=1S/C16H18N2O6S/c1-17-25(22,23)14-8-7-13(24-14)15(19)18-10-12(16(20)21)9-11-5-3-2-4-6-11/h2-8,12,17H,9-10H2,1H3,(H,18,19)(H,20,21). The van der Waals surface area contributed by atoms with Crippen molar-refractivity contribution in [2.75, 3.05) is 13.6 Å². The normalized spacial score (nSPS) is 12.5. The van der Waals surface area contributed by atoms with Gasteiger partial charge in [0.05, 0.1) is 5.92 Å². The molecule has 1 atom stereocenters. The molecule has 0 aliphatic heterocycles. The maximum absolute atomic E-state index is 12.0. The van der Waals surface area contributed by atoms with Gasteiger partial charge in [0.1, 0.15) is 0 Å². The Balaban J connectivity index is 2.01. The van der Waals surface area contributed by atoms with Crippen LogP contribution in [0.2, 0.25) is 0 Å². The van der Waals surface area contributed by atoms with E-state index in [1.54, 1.807) is 24.3 Å². The maximum Gasteiger partial charge on any atom is 0.308 e. The Bertz CT molecular complexity index is 845. The molecule has 1 aromatic heterocycles. The van der Waals surface area contributed by atoms with Gasteiger partial charge in [0.2, 0.25) is 5.09 Å². The van der Waals surface area contributed by atoms with Crippen LogP contribution >= 0.6 is 0 Å². The molecule has 1 heterocycles. The van der Waals surface area contributed by atoms with Crippen molar-refractivity contribution in [1.29, 1.82) is 0 Å². The van der Waals surface area contributed by atoms with E-state index in [2.05, 4.69) is 10.0 Å². The first-order valence-electron chi connectivity index (χ1n) is 7.42. The Morgan fingerprint density at radius 1 is 1.16 bits per heavy atom. The molecular formula is C16H18N2O6S. The summed E-state index contributed by atoms with van der Waals surface area (Å²) >= 11 is 0. The average molecular weight is 366 g/mol. The van der Waals surface area contributed by atoms with Gasteiger partial charge in [-0.1, -0.05) is 30.3 Å². The molecule has 1 amide bonds. The largest absolute Gasteiger partial charge is 0.481 e. The van der Waals surface area contributed by atoms with Gasteiger partial charge in [-0.3, -0.25) is 9.59 Å². The van der Waals surface area contributed by atoms with Crippen LogP contribution in [0, 0.1) is 5.92 Å². The van der Waals surface area contributed by atoms with Crippen molar-refractivity contribution in [3.63, 3.8) is 0 Å². The van der Waals surface area contributed by atoms with Gasteiger partial charge < -0.3 is 14.8 Å². The summed E-state index contributed by atoms with van der Waals surface area (Å²) < 4.78 is 30.2. The Hall–Kier alpha value is -2.65. The molecule has 2 aromatic rings. The predicted octanol–water partition coefficient (Wildman–Crippen LogP) is 0.861. The van der Waals surface area contributed by atoms with Gasteiger partial charge >= 0.3 is 5.97 Å². The van der Waals surface area contributed by atoms with Crippen LogP contribution in [0.3, 0.4) is 0 Å². The number of furan rings is 1. The van der Waals surface area contributed by atoms with Crippen molar-refractivity contribution in [3.05, 3.63) is 53.8 Å². The molecule has 0 bridgehead atoms. The second-order valence-corrected chi connectivity index (χ2v) is 7.08. The van der Waals surface area contributed by atoms with Crippen molar-refractivity contribution >= 4 is 21.9 Å². The Kier molecular flexibility index (Phi) is 5.94. The van der Waals surface area contributed by atoms with Crippen LogP contribution in [0.1, 0.15) is 16.1 Å². The summed E-state index contributed by atoms with van der Waals surface area (Å²) in [5, 5.41) is 11.4. The van der Waals surface area contributed by atoms with Gasteiger partial charge in [0, 0.05) is 6.54 Å². The molecule has 25 heavy (non-hydrogen) atoms. The molecule has 134 valence electrons. The van der Waals surface area contributed by atoms with E-state index >= 15 is 0 Å². The summed E-state index contributed by atoms with van der Waals surface area (Å²) in [5.74, 6) is -2.75. The highest BCUT2D eigenvalue weighted by Crippen LogP contribution is 2.14. The molecule has 0 fully saturated rings. The Morgan fingerprint density at radius 3 is 2.44 bits per heavy atom. The number of carboxylic acids is 1. The van der Waals surface area contributed by atoms with Crippen LogP contribution in [0.4, 0.5) is 0 Å². The highest BCUT2D eigenvalue weighted by Gasteiger charge is 2.22. The number of carboxylic acid groups (broad SMARTS) is 1. The summed E-state index contributed by atoms with van der Waals surface area (Å²) in [6, 6.07) is 11.4. The third-order valence-corrected chi connectivity index (χ3v) is 4.81. The van der Waals surface area contributed by atoms with Crippen molar-refractivity contribution < 1.29 is 27.5 Å². The Morgan fingerprint density at radius 2 is 1.84 bits per heavy atom. The lowest BCUT2D eigenvalue weighted by atomic mass is 9.99. The van der Waals surface area contributed by atoms with Crippen LogP contribution in [0.25, 0.3) is 0 Å². The van der Waals surface area contributed by atoms with Crippen molar-refractivity contribution in [2.24, 2.45) is 5.92 Å². The number of amides is 1. The van der Waals surface area contributed by atoms with E-state index in [0.29, 0.717) is 0 Å². The van der Waals surface area contributed by atoms with Crippen molar-refractivity contribution in [3.8, 4) is 0 Å². The van der Waals surface area contributed by atoms with Crippen molar-refractivity contribution in [1.82, 2.24) is 10.0 Å². The molecule has 2 rings (SSSR count). The van der Waals surface area contributed by atoms with E-state index < -0.39 is 27.8 Å². The summed E-state index contributed by atoms with van der Waals surface area (Å²) in [6.45, 7) is -0.113. The number of hydrogen-bond donors (Lipinski definition) is 3. The summed E-state index contributed by atoms with van der Waals surface area (Å²) in [4.78, 5) is 23.4. The van der Waals surface area contributed by atoms with Crippen molar-refractivity contribution in [2.45, 2.75) is 11.5 Å². The molecular weight excluding hydrogens is 348 g/mol. The molecule has 0 saturated carbocycles. The van der Waals surface area contributed by atoms with Gasteiger partial charge in [-0.2, -0.15) is 0 Å². The van der Waals surface area contributed by atoms with Crippen LogP contribution in [0.5, 0.6) is 0 Å². The van der Waals surface area contributed by atoms with Gasteiger partial charge in [-0.25, -0.2) is 13.1 Å². The first kappa shape index (κ1) is 18.7. The minimum atomic E-state index is -3.79. The van der Waals surface area contributed by atoms with Crippen LogP contribution in [-0.4, -0.2) is 39.0 Å². The lowest BCUT2D eigenvalue weighted by Crippen LogP contribution is -2.34. The number of carbonyl (C=O) groups is 2. The fourth-order valence-corrected chi connectivity index (χ4v) is 2.78. The lowest BCUT2D eigenvalue weighted by Gasteiger charge is -2.13. The van der Waals surface area contributed by atoms with E-state index in [1.807, 2.05) is 6.07 Å². The number of hydrogen-bond acceptors (Lipinski definition) is 5. The van der Waals surface area contributed by atoms with E-state index in [4.69, 9.17) is 4.42 Å². The van der Waals surface area contributed by atoms with E-state index in [1.165, 1.54) is 13.1 Å². The van der Waals surface area contributed by atoms with Crippen LogP contribution in [-0.2, 0) is 21.2 Å². The van der Waals surface area contributed by atoms with E-state index in [9.17, 15) is 23.1 Å². The fraction of sp³-hybridized carbons (Fsp3) is 0.250. The van der Waals surface area contributed by atoms with E-state index in [-0.39, 0.29) is 23.8 Å². The van der Waals surface area contributed by atoms with Crippen LogP contribution in [0.15, 0.2) is 52.0 Å². The molecule has 0 aliphatic rings. The van der Waals surface area contributed by atoms with E-state index in [0.717, 1.165) is 11.6 Å². The molecule has 0 radical (unpaired) electrons. The molecule has 1 aromatic carbocycles. The lowest BCUT2D eigenvalue weighted by molar-refractivity contribution is -0.141. The zero-order valence-corrected chi connectivity index (χ0v) is 14.2. The molecule has 0 saturated heterocycles. The monoisotopic (exact) mass is 366 g/mol.